The number of hydrogen-bond donors (Lipinski definition) is 2. The molecule has 0 bridgehead atoms. The van der Waals surface area contributed by atoms with Crippen LogP contribution in [0.3, 0.4) is 0 Å². The number of nitrogens with one attached hydrogen (secondary N) is 2. The largest absolute Gasteiger partial charge is 0.378 e. The van der Waals surface area contributed by atoms with Crippen LogP contribution in [-0.4, -0.2) is 29.0 Å². The minimum absolute atomic E-state index is 0.668. The predicted molar refractivity (Wildman–Crippen MR) is 97.6 cm³/mol. The Bertz CT molecular complexity index is 771. The van der Waals surface area contributed by atoms with E-state index in [0.29, 0.717) is 6.54 Å². The molecular weight excluding hydrogens is 300 g/mol. The number of rotatable bonds is 6. The molecule has 0 aliphatic carbocycles. The highest BCUT2D eigenvalue weighted by Gasteiger charge is 2.01. The summed E-state index contributed by atoms with van der Waals surface area (Å²) in [5.41, 5.74) is 3.24. The second kappa shape index (κ2) is 7.41. The second-order valence-electron chi connectivity index (χ2n) is 5.57. The predicted octanol–water partition coefficient (Wildman–Crippen LogP) is 3.29. The van der Waals surface area contributed by atoms with Crippen molar-refractivity contribution in [3.63, 3.8) is 0 Å². The molecular formula is C18H20N6. The summed E-state index contributed by atoms with van der Waals surface area (Å²) >= 11 is 0. The van der Waals surface area contributed by atoms with E-state index in [1.54, 1.807) is 12.5 Å². The highest BCUT2D eigenvalue weighted by Crippen LogP contribution is 2.20. The first-order chi connectivity index (χ1) is 11.7. The molecule has 6 heteroatoms. The number of aromatic nitrogens is 3. The third-order valence-corrected chi connectivity index (χ3v) is 3.52. The Labute approximate surface area is 141 Å². The summed E-state index contributed by atoms with van der Waals surface area (Å²) in [6.45, 7) is 0.668. The number of nitrogens with zero attached hydrogens (tertiary/aromatic N) is 4. The van der Waals surface area contributed by atoms with E-state index in [-0.39, 0.29) is 0 Å². The standard InChI is InChI=1S/C18H20N6/c1-24(2)16-7-5-15(6-8-16)23-18-10-17(21-13-22-18)20-12-14-4-3-9-19-11-14/h3-11,13H,12H2,1-2H3,(H2,20,21,22,23). The van der Waals surface area contributed by atoms with Crippen LogP contribution in [0.15, 0.2) is 61.2 Å². The average molecular weight is 320 g/mol. The van der Waals surface area contributed by atoms with Gasteiger partial charge in [0, 0.05) is 50.5 Å². The van der Waals surface area contributed by atoms with E-state index >= 15 is 0 Å². The molecule has 2 N–H and O–H groups in total. The van der Waals surface area contributed by atoms with Crippen molar-refractivity contribution >= 4 is 23.0 Å². The summed E-state index contributed by atoms with van der Waals surface area (Å²) < 4.78 is 0. The molecule has 122 valence electrons. The van der Waals surface area contributed by atoms with Gasteiger partial charge in [-0.05, 0) is 35.9 Å². The number of anilines is 4. The minimum Gasteiger partial charge on any atom is -0.378 e. The van der Waals surface area contributed by atoms with Crippen molar-refractivity contribution in [3.8, 4) is 0 Å². The van der Waals surface area contributed by atoms with Crippen LogP contribution in [0, 0.1) is 0 Å². The van der Waals surface area contributed by atoms with E-state index in [1.807, 2.05) is 50.6 Å². The molecule has 0 radical (unpaired) electrons. The lowest BCUT2D eigenvalue weighted by molar-refractivity contribution is 1.07. The molecule has 3 rings (SSSR count). The Morgan fingerprint density at radius 3 is 2.50 bits per heavy atom. The monoisotopic (exact) mass is 320 g/mol. The molecule has 0 amide bonds. The van der Waals surface area contributed by atoms with Gasteiger partial charge >= 0.3 is 0 Å². The Morgan fingerprint density at radius 2 is 1.79 bits per heavy atom. The third-order valence-electron chi connectivity index (χ3n) is 3.52. The molecule has 2 aromatic heterocycles. The van der Waals surface area contributed by atoms with Crippen LogP contribution in [0.2, 0.25) is 0 Å². The first-order valence-corrected chi connectivity index (χ1v) is 7.70. The molecule has 0 aliphatic rings. The summed E-state index contributed by atoms with van der Waals surface area (Å²) in [5, 5.41) is 6.56. The normalized spacial score (nSPS) is 10.2. The fourth-order valence-electron chi connectivity index (χ4n) is 2.21. The smallest absolute Gasteiger partial charge is 0.135 e. The van der Waals surface area contributed by atoms with Gasteiger partial charge in [-0.25, -0.2) is 9.97 Å². The summed E-state index contributed by atoms with van der Waals surface area (Å²) in [4.78, 5) is 14.7. The lowest BCUT2D eigenvalue weighted by Gasteiger charge is -2.13. The zero-order valence-corrected chi connectivity index (χ0v) is 13.8. The van der Waals surface area contributed by atoms with Crippen molar-refractivity contribution in [2.45, 2.75) is 6.54 Å². The van der Waals surface area contributed by atoms with Crippen molar-refractivity contribution in [1.82, 2.24) is 15.0 Å². The topological polar surface area (TPSA) is 66.0 Å². The van der Waals surface area contributed by atoms with E-state index < -0.39 is 0 Å². The van der Waals surface area contributed by atoms with Gasteiger partial charge < -0.3 is 15.5 Å². The Kier molecular flexibility index (Phi) is 4.86. The van der Waals surface area contributed by atoms with Gasteiger partial charge in [0.05, 0.1) is 0 Å². The van der Waals surface area contributed by atoms with Crippen molar-refractivity contribution in [2.24, 2.45) is 0 Å². The minimum atomic E-state index is 0.668. The van der Waals surface area contributed by atoms with Crippen molar-refractivity contribution in [1.29, 1.82) is 0 Å². The summed E-state index contributed by atoms with van der Waals surface area (Å²) in [7, 11) is 4.04. The zero-order valence-electron chi connectivity index (χ0n) is 13.8. The second-order valence-corrected chi connectivity index (χ2v) is 5.57. The van der Waals surface area contributed by atoms with E-state index in [4.69, 9.17) is 0 Å². The van der Waals surface area contributed by atoms with Gasteiger partial charge in [-0.1, -0.05) is 6.07 Å². The van der Waals surface area contributed by atoms with Gasteiger partial charge in [0.15, 0.2) is 0 Å². The molecule has 0 saturated heterocycles. The summed E-state index contributed by atoms with van der Waals surface area (Å²) in [5.74, 6) is 1.51. The molecule has 6 nitrogen and oxygen atoms in total. The highest BCUT2D eigenvalue weighted by molar-refractivity contribution is 5.62. The number of pyridine rings is 1. The Morgan fingerprint density at radius 1 is 1.00 bits per heavy atom. The van der Waals surface area contributed by atoms with Crippen molar-refractivity contribution in [3.05, 3.63) is 66.7 Å². The SMILES string of the molecule is CN(C)c1ccc(Nc2cc(NCc3cccnc3)ncn2)cc1. The molecule has 1 aromatic carbocycles. The quantitative estimate of drug-likeness (QED) is 0.726. The van der Waals surface area contributed by atoms with Crippen molar-refractivity contribution in [2.75, 3.05) is 29.6 Å². The molecule has 0 unspecified atom stereocenters. The fourth-order valence-corrected chi connectivity index (χ4v) is 2.21. The zero-order chi connectivity index (χ0) is 16.8. The molecule has 0 spiro atoms. The maximum Gasteiger partial charge on any atom is 0.135 e. The summed E-state index contributed by atoms with van der Waals surface area (Å²) in [6, 6.07) is 14.0. The van der Waals surface area contributed by atoms with Gasteiger partial charge in [0.2, 0.25) is 0 Å². The van der Waals surface area contributed by atoms with E-state index in [0.717, 1.165) is 28.6 Å². The number of benzene rings is 1. The Balaban J connectivity index is 1.64. The third kappa shape index (κ3) is 4.19. The molecule has 0 fully saturated rings. The van der Waals surface area contributed by atoms with Crippen LogP contribution in [0.1, 0.15) is 5.56 Å². The average Bonchev–Trinajstić information content (AvgIpc) is 2.62. The molecule has 0 atom stereocenters. The van der Waals surface area contributed by atoms with Crippen LogP contribution in [0.25, 0.3) is 0 Å². The van der Waals surface area contributed by atoms with Crippen LogP contribution in [0.5, 0.6) is 0 Å². The summed E-state index contributed by atoms with van der Waals surface area (Å²) in [6.07, 6.45) is 5.14. The molecule has 3 aromatic rings. The van der Waals surface area contributed by atoms with Crippen molar-refractivity contribution < 1.29 is 0 Å². The first-order valence-electron chi connectivity index (χ1n) is 7.70. The number of hydrogen-bond acceptors (Lipinski definition) is 6. The Hall–Kier alpha value is -3.15. The fraction of sp³-hybridized carbons (Fsp3) is 0.167. The van der Waals surface area contributed by atoms with E-state index in [2.05, 4.69) is 42.6 Å². The lowest BCUT2D eigenvalue weighted by Crippen LogP contribution is -2.08. The van der Waals surface area contributed by atoms with Crippen LogP contribution >= 0.6 is 0 Å². The highest BCUT2D eigenvalue weighted by atomic mass is 15.1. The maximum absolute atomic E-state index is 4.26. The molecule has 0 aliphatic heterocycles. The van der Waals surface area contributed by atoms with Crippen LogP contribution in [-0.2, 0) is 6.54 Å². The molecule has 2 heterocycles. The molecule has 24 heavy (non-hydrogen) atoms. The lowest BCUT2D eigenvalue weighted by atomic mass is 10.2. The van der Waals surface area contributed by atoms with Gasteiger partial charge in [0.1, 0.15) is 18.0 Å². The molecule has 0 saturated carbocycles. The van der Waals surface area contributed by atoms with E-state index in [9.17, 15) is 0 Å². The van der Waals surface area contributed by atoms with Gasteiger partial charge in [-0.2, -0.15) is 0 Å². The van der Waals surface area contributed by atoms with E-state index in [1.165, 1.54) is 0 Å². The first kappa shape index (κ1) is 15.7. The van der Waals surface area contributed by atoms with Gasteiger partial charge in [-0.15, -0.1) is 0 Å². The van der Waals surface area contributed by atoms with Crippen LogP contribution in [0.4, 0.5) is 23.0 Å². The maximum atomic E-state index is 4.26. The van der Waals surface area contributed by atoms with Gasteiger partial charge in [-0.3, -0.25) is 4.98 Å². The van der Waals surface area contributed by atoms with Crippen LogP contribution < -0.4 is 15.5 Å². The van der Waals surface area contributed by atoms with Gasteiger partial charge in [0.25, 0.3) is 0 Å².